The smallest absolute Gasteiger partial charge is 0.266 e. The molecule has 0 N–H and O–H groups in total. The summed E-state index contributed by atoms with van der Waals surface area (Å²) in [4.78, 5) is 32.7. The Morgan fingerprint density at radius 2 is 1.82 bits per heavy atom. The summed E-state index contributed by atoms with van der Waals surface area (Å²) in [7, 11) is 1.69. The minimum absolute atomic E-state index is 0.137. The Labute approximate surface area is 195 Å². The lowest BCUT2D eigenvalue weighted by molar-refractivity contribution is -0.129. The van der Waals surface area contributed by atoms with Gasteiger partial charge < -0.3 is 4.90 Å². The summed E-state index contributed by atoms with van der Waals surface area (Å²) in [5.41, 5.74) is 2.89. The lowest BCUT2D eigenvalue weighted by Crippen LogP contribution is -2.33. The maximum atomic E-state index is 13.5. The molecule has 33 heavy (non-hydrogen) atoms. The van der Waals surface area contributed by atoms with Crippen LogP contribution in [0.5, 0.6) is 0 Å². The lowest BCUT2D eigenvalue weighted by atomic mass is 10.2. The molecule has 168 valence electrons. The van der Waals surface area contributed by atoms with Crippen molar-refractivity contribution in [2.75, 3.05) is 7.05 Å². The molecule has 4 aromatic rings. The van der Waals surface area contributed by atoms with Gasteiger partial charge in [-0.05, 0) is 55.8 Å². The zero-order valence-electron chi connectivity index (χ0n) is 18.7. The van der Waals surface area contributed by atoms with Gasteiger partial charge in [0, 0.05) is 13.6 Å². The second-order valence-corrected chi connectivity index (χ2v) is 9.28. The van der Waals surface area contributed by atoms with Gasteiger partial charge in [-0.3, -0.25) is 14.2 Å². The topological polar surface area (TPSA) is 55.2 Å². The monoisotopic (exact) mass is 461 g/mol. The van der Waals surface area contributed by atoms with Gasteiger partial charge in [-0.25, -0.2) is 9.37 Å². The lowest BCUT2D eigenvalue weighted by Gasteiger charge is -2.22. The quantitative estimate of drug-likeness (QED) is 0.300. The van der Waals surface area contributed by atoms with Crippen LogP contribution in [0.1, 0.15) is 18.1 Å². The zero-order valence-corrected chi connectivity index (χ0v) is 19.5. The minimum Gasteiger partial charge on any atom is -0.340 e. The third-order valence-electron chi connectivity index (χ3n) is 5.35. The highest BCUT2D eigenvalue weighted by molar-refractivity contribution is 8.00. The van der Waals surface area contributed by atoms with Crippen LogP contribution in [0.15, 0.2) is 82.7 Å². The minimum atomic E-state index is -0.506. The molecule has 0 aliphatic carbocycles. The number of aromatic nitrogens is 2. The van der Waals surface area contributed by atoms with Gasteiger partial charge >= 0.3 is 0 Å². The molecule has 0 fully saturated rings. The van der Waals surface area contributed by atoms with E-state index >= 15 is 0 Å². The highest BCUT2D eigenvalue weighted by Gasteiger charge is 2.23. The van der Waals surface area contributed by atoms with Gasteiger partial charge in [0.05, 0.1) is 21.8 Å². The number of aryl methyl sites for hydroxylation is 1. The molecule has 1 unspecified atom stereocenters. The Bertz CT molecular complexity index is 1370. The van der Waals surface area contributed by atoms with Crippen molar-refractivity contribution in [1.29, 1.82) is 0 Å². The number of amides is 1. The van der Waals surface area contributed by atoms with Gasteiger partial charge in [0.2, 0.25) is 5.91 Å². The molecule has 1 amide bonds. The Morgan fingerprint density at radius 3 is 2.55 bits per heavy atom. The summed E-state index contributed by atoms with van der Waals surface area (Å²) in [6, 6.07) is 21.0. The number of rotatable bonds is 6. The number of carbonyl (C=O) groups is 1. The molecule has 1 atom stereocenters. The molecule has 0 spiro atoms. The van der Waals surface area contributed by atoms with Crippen molar-refractivity contribution in [3.8, 4) is 5.69 Å². The Hall–Kier alpha value is -3.45. The fourth-order valence-corrected chi connectivity index (χ4v) is 4.66. The second kappa shape index (κ2) is 9.58. The van der Waals surface area contributed by atoms with E-state index in [2.05, 4.69) is 0 Å². The first-order valence-corrected chi connectivity index (χ1v) is 11.5. The largest absolute Gasteiger partial charge is 0.340 e. The highest BCUT2D eigenvalue weighted by Crippen LogP contribution is 2.26. The summed E-state index contributed by atoms with van der Waals surface area (Å²) in [6.45, 7) is 4.06. The van der Waals surface area contributed by atoms with Crippen molar-refractivity contribution in [2.45, 2.75) is 30.8 Å². The third-order valence-corrected chi connectivity index (χ3v) is 6.39. The number of nitrogens with zero attached hydrogens (tertiary/aromatic N) is 3. The number of carbonyl (C=O) groups excluding carboxylic acids is 1. The first-order valence-electron chi connectivity index (χ1n) is 10.6. The van der Waals surface area contributed by atoms with Crippen LogP contribution in [-0.4, -0.2) is 32.7 Å². The summed E-state index contributed by atoms with van der Waals surface area (Å²) < 4.78 is 15.1. The first kappa shape index (κ1) is 22.7. The van der Waals surface area contributed by atoms with E-state index in [1.165, 1.54) is 23.9 Å². The number of para-hydroxylation sites is 1. The molecule has 0 radical (unpaired) electrons. The molecule has 7 heteroatoms. The van der Waals surface area contributed by atoms with Gasteiger partial charge in [0.1, 0.15) is 5.82 Å². The van der Waals surface area contributed by atoms with Crippen LogP contribution in [0.2, 0.25) is 0 Å². The van der Waals surface area contributed by atoms with Crippen molar-refractivity contribution in [3.05, 3.63) is 100 Å². The van der Waals surface area contributed by atoms with Crippen LogP contribution in [0.4, 0.5) is 4.39 Å². The zero-order chi connectivity index (χ0) is 23.5. The average Bonchev–Trinajstić information content (AvgIpc) is 2.79. The fraction of sp³-hybridized carbons (Fsp3) is 0.192. The number of fused-ring (bicyclic) bond motifs is 1. The number of thioether (sulfide) groups is 1. The van der Waals surface area contributed by atoms with Gasteiger partial charge in [-0.2, -0.15) is 0 Å². The molecule has 3 aromatic carbocycles. The van der Waals surface area contributed by atoms with E-state index in [9.17, 15) is 14.0 Å². The van der Waals surface area contributed by atoms with Crippen molar-refractivity contribution in [3.63, 3.8) is 0 Å². The van der Waals surface area contributed by atoms with Crippen LogP contribution in [0.3, 0.4) is 0 Å². The van der Waals surface area contributed by atoms with Crippen molar-refractivity contribution in [1.82, 2.24) is 14.5 Å². The summed E-state index contributed by atoms with van der Waals surface area (Å²) in [6.07, 6.45) is 0. The predicted octanol–water partition coefficient (Wildman–Crippen LogP) is 4.97. The van der Waals surface area contributed by atoms with Crippen LogP contribution >= 0.6 is 11.8 Å². The average molecular weight is 462 g/mol. The van der Waals surface area contributed by atoms with E-state index in [0.29, 0.717) is 27.3 Å². The normalized spacial score (nSPS) is 12.0. The summed E-state index contributed by atoms with van der Waals surface area (Å²) >= 11 is 1.23. The van der Waals surface area contributed by atoms with E-state index in [4.69, 9.17) is 4.98 Å². The maximum absolute atomic E-state index is 13.5. The van der Waals surface area contributed by atoms with Crippen LogP contribution in [0, 0.1) is 12.7 Å². The molecule has 0 bridgehead atoms. The van der Waals surface area contributed by atoms with E-state index in [1.807, 2.05) is 43.3 Å². The molecular formula is C26H24FN3O2S. The molecule has 0 aliphatic heterocycles. The number of hydrogen-bond acceptors (Lipinski definition) is 4. The Morgan fingerprint density at radius 1 is 1.09 bits per heavy atom. The molecule has 4 rings (SSSR count). The number of halogens is 1. The standard InChI is InChI=1S/C26H24FN3O2S/c1-17-11-13-21(14-12-17)30-25(32)22-9-4-5-10-23(22)28-26(30)33-18(2)24(31)29(3)16-19-7-6-8-20(27)15-19/h4-15,18H,16H2,1-3H3. The van der Waals surface area contributed by atoms with Crippen LogP contribution < -0.4 is 5.56 Å². The van der Waals surface area contributed by atoms with Crippen LogP contribution in [-0.2, 0) is 11.3 Å². The van der Waals surface area contributed by atoms with Crippen molar-refractivity contribution < 1.29 is 9.18 Å². The van der Waals surface area contributed by atoms with Gasteiger partial charge in [0.15, 0.2) is 5.16 Å². The molecule has 1 aromatic heterocycles. The van der Waals surface area contributed by atoms with E-state index in [-0.39, 0.29) is 23.8 Å². The highest BCUT2D eigenvalue weighted by atomic mass is 32.2. The van der Waals surface area contributed by atoms with Gasteiger partial charge in [-0.15, -0.1) is 0 Å². The van der Waals surface area contributed by atoms with E-state index in [1.54, 1.807) is 47.7 Å². The SMILES string of the molecule is Cc1ccc(-n2c(SC(C)C(=O)N(C)Cc3cccc(F)c3)nc3ccccc3c2=O)cc1. The van der Waals surface area contributed by atoms with E-state index < -0.39 is 5.25 Å². The van der Waals surface area contributed by atoms with E-state index in [0.717, 1.165) is 5.56 Å². The maximum Gasteiger partial charge on any atom is 0.266 e. The van der Waals surface area contributed by atoms with Gasteiger partial charge in [0.25, 0.3) is 5.56 Å². The summed E-state index contributed by atoms with van der Waals surface area (Å²) in [5, 5.41) is 0.459. The molecule has 0 aliphatic rings. The third kappa shape index (κ3) is 4.98. The Kier molecular flexibility index (Phi) is 6.60. The van der Waals surface area contributed by atoms with Gasteiger partial charge in [-0.1, -0.05) is 53.7 Å². The number of benzene rings is 3. The Balaban J connectivity index is 1.67. The van der Waals surface area contributed by atoms with Crippen molar-refractivity contribution >= 4 is 28.6 Å². The molecule has 0 saturated heterocycles. The molecule has 5 nitrogen and oxygen atoms in total. The molecule has 1 heterocycles. The van der Waals surface area contributed by atoms with Crippen LogP contribution in [0.25, 0.3) is 16.6 Å². The molecular weight excluding hydrogens is 437 g/mol. The predicted molar refractivity (Wildman–Crippen MR) is 130 cm³/mol. The fourth-order valence-electron chi connectivity index (χ4n) is 3.62. The number of hydrogen-bond donors (Lipinski definition) is 0. The van der Waals surface area contributed by atoms with Crippen molar-refractivity contribution in [2.24, 2.45) is 0 Å². The first-order chi connectivity index (χ1) is 15.8. The second-order valence-electron chi connectivity index (χ2n) is 7.97. The molecule has 0 saturated carbocycles. The summed E-state index contributed by atoms with van der Waals surface area (Å²) in [5.74, 6) is -0.472.